The largest absolute Gasteiger partial charge is 0.457 e. The summed E-state index contributed by atoms with van der Waals surface area (Å²) in [6.07, 6.45) is -5.28. The third-order valence-corrected chi connectivity index (χ3v) is 7.07. The lowest BCUT2D eigenvalue weighted by atomic mass is 9.97. The lowest BCUT2D eigenvalue weighted by molar-refractivity contribution is -0.170. The van der Waals surface area contributed by atoms with Crippen molar-refractivity contribution in [2.45, 2.75) is 25.9 Å². The molecule has 0 aliphatic rings. The second kappa shape index (κ2) is 14.1. The van der Waals surface area contributed by atoms with Gasteiger partial charge < -0.3 is 9.47 Å². The van der Waals surface area contributed by atoms with Crippen molar-refractivity contribution in [3.05, 3.63) is 155 Å². The first-order valence-corrected chi connectivity index (χ1v) is 14.5. The van der Waals surface area contributed by atoms with Gasteiger partial charge in [0, 0.05) is 35.1 Å². The molecule has 9 heteroatoms. The highest BCUT2D eigenvalue weighted by Crippen LogP contribution is 2.26. The summed E-state index contributed by atoms with van der Waals surface area (Å²) in [5, 5.41) is 0. The lowest BCUT2D eigenvalue weighted by Gasteiger charge is -2.09. The molecule has 0 bridgehead atoms. The fraction of sp³-hybridized carbons (Fsp3) is 0.105. The molecule has 0 radical (unpaired) electrons. The first kappa shape index (κ1) is 32.6. The summed E-state index contributed by atoms with van der Waals surface area (Å²) in [7, 11) is 0. The second-order valence-corrected chi connectivity index (χ2v) is 10.8. The fourth-order valence-electron chi connectivity index (χ4n) is 4.68. The van der Waals surface area contributed by atoms with Gasteiger partial charge in [0.05, 0.1) is 0 Å². The van der Waals surface area contributed by atoms with E-state index in [1.807, 2.05) is 12.1 Å². The monoisotopic (exact) mass is 636 g/mol. The molecule has 47 heavy (non-hydrogen) atoms. The SMILES string of the molecule is CC(=O)Cc1ccc(Oc2ccc(C(=O)c3cccc(C(=O)c4ccc(Oc5ccc(CC(=O)C(F)(F)F)cc5)cc4)c3)cc2)cc1. The number of halogens is 3. The number of hydrogen-bond donors (Lipinski definition) is 0. The highest BCUT2D eigenvalue weighted by Gasteiger charge is 2.37. The number of Topliss-reactive ketones (excluding diaryl/α,β-unsaturated/α-hetero) is 2. The lowest BCUT2D eigenvalue weighted by Crippen LogP contribution is -2.24. The van der Waals surface area contributed by atoms with Crippen LogP contribution < -0.4 is 9.47 Å². The predicted molar refractivity (Wildman–Crippen MR) is 168 cm³/mol. The maximum atomic E-state index is 13.2. The molecule has 0 amide bonds. The van der Waals surface area contributed by atoms with E-state index in [0.29, 0.717) is 51.7 Å². The second-order valence-electron chi connectivity index (χ2n) is 10.8. The van der Waals surface area contributed by atoms with Crippen LogP contribution in [0.1, 0.15) is 49.9 Å². The van der Waals surface area contributed by atoms with E-state index in [-0.39, 0.29) is 22.9 Å². The van der Waals surface area contributed by atoms with Crippen LogP contribution in [0, 0.1) is 0 Å². The van der Waals surface area contributed by atoms with Crippen molar-refractivity contribution in [2.24, 2.45) is 0 Å². The van der Waals surface area contributed by atoms with Gasteiger partial charge in [0.15, 0.2) is 11.6 Å². The van der Waals surface area contributed by atoms with Crippen LogP contribution in [0.4, 0.5) is 13.2 Å². The molecule has 5 aromatic rings. The van der Waals surface area contributed by atoms with Crippen LogP contribution in [0.3, 0.4) is 0 Å². The number of rotatable bonds is 12. The zero-order chi connectivity index (χ0) is 33.6. The van der Waals surface area contributed by atoms with Gasteiger partial charge in [-0.2, -0.15) is 13.2 Å². The number of ether oxygens (including phenoxy) is 2. The highest BCUT2D eigenvalue weighted by atomic mass is 19.4. The van der Waals surface area contributed by atoms with E-state index in [2.05, 4.69) is 0 Å². The molecule has 0 fully saturated rings. The molecule has 0 atom stereocenters. The van der Waals surface area contributed by atoms with Crippen molar-refractivity contribution in [1.82, 2.24) is 0 Å². The summed E-state index contributed by atoms with van der Waals surface area (Å²) in [4.78, 5) is 48.9. The van der Waals surface area contributed by atoms with Crippen molar-refractivity contribution < 1.29 is 41.8 Å². The molecule has 0 saturated carbocycles. The summed E-state index contributed by atoms with van der Waals surface area (Å²) in [5.41, 5.74) is 2.54. The molecule has 0 spiro atoms. The average molecular weight is 637 g/mol. The molecule has 5 aromatic carbocycles. The van der Waals surface area contributed by atoms with Crippen molar-refractivity contribution in [1.29, 1.82) is 0 Å². The van der Waals surface area contributed by atoms with E-state index in [4.69, 9.17) is 9.47 Å². The molecule has 6 nitrogen and oxygen atoms in total. The number of ketones is 4. The van der Waals surface area contributed by atoms with Crippen LogP contribution in [0.2, 0.25) is 0 Å². The van der Waals surface area contributed by atoms with Crippen molar-refractivity contribution in [2.75, 3.05) is 0 Å². The topological polar surface area (TPSA) is 86.7 Å². The molecular formula is C38H27F3O6. The number of hydrogen-bond acceptors (Lipinski definition) is 6. The molecule has 0 unspecified atom stereocenters. The van der Waals surface area contributed by atoms with E-state index in [9.17, 15) is 32.3 Å². The Morgan fingerprint density at radius 2 is 0.872 bits per heavy atom. The third kappa shape index (κ3) is 8.67. The Hall–Kier alpha value is -5.83. The summed E-state index contributed by atoms with van der Waals surface area (Å²) in [6.45, 7) is 1.54. The minimum atomic E-state index is -4.89. The van der Waals surface area contributed by atoms with E-state index in [1.54, 1.807) is 78.9 Å². The van der Waals surface area contributed by atoms with Gasteiger partial charge in [0.25, 0.3) is 0 Å². The molecule has 0 heterocycles. The summed E-state index contributed by atoms with van der Waals surface area (Å²) >= 11 is 0. The van der Waals surface area contributed by atoms with Crippen LogP contribution in [0.5, 0.6) is 23.0 Å². The average Bonchev–Trinajstić information content (AvgIpc) is 3.06. The van der Waals surface area contributed by atoms with Crippen molar-refractivity contribution in [3.8, 4) is 23.0 Å². The zero-order valence-corrected chi connectivity index (χ0v) is 25.0. The Kier molecular flexibility index (Phi) is 9.75. The van der Waals surface area contributed by atoms with Crippen LogP contribution in [0.15, 0.2) is 121 Å². The van der Waals surface area contributed by atoms with E-state index in [0.717, 1.165) is 5.56 Å². The summed E-state index contributed by atoms with van der Waals surface area (Å²) < 4.78 is 49.1. The number of carbonyl (C=O) groups is 4. The highest BCUT2D eigenvalue weighted by molar-refractivity contribution is 6.13. The molecule has 5 rings (SSSR count). The molecular weight excluding hydrogens is 609 g/mol. The predicted octanol–water partition coefficient (Wildman–Crippen LogP) is 8.54. The fourth-order valence-corrected chi connectivity index (χ4v) is 4.68. The third-order valence-electron chi connectivity index (χ3n) is 7.07. The molecule has 236 valence electrons. The van der Waals surface area contributed by atoms with Gasteiger partial charge >= 0.3 is 6.18 Å². The van der Waals surface area contributed by atoms with E-state index in [1.165, 1.54) is 37.3 Å². The smallest absolute Gasteiger partial charge is 0.450 e. The van der Waals surface area contributed by atoms with Crippen LogP contribution in [-0.4, -0.2) is 29.3 Å². The summed E-state index contributed by atoms with van der Waals surface area (Å²) in [6, 6.07) is 32.2. The Morgan fingerprint density at radius 1 is 0.511 bits per heavy atom. The van der Waals surface area contributed by atoms with Gasteiger partial charge in [0.1, 0.15) is 28.8 Å². The maximum Gasteiger partial charge on any atom is 0.450 e. The minimum Gasteiger partial charge on any atom is -0.457 e. The van der Waals surface area contributed by atoms with Crippen LogP contribution in [-0.2, 0) is 22.4 Å². The Labute approximate surface area is 268 Å². The quantitative estimate of drug-likeness (QED) is 0.128. The van der Waals surface area contributed by atoms with Gasteiger partial charge in [-0.1, -0.05) is 42.5 Å². The van der Waals surface area contributed by atoms with Gasteiger partial charge in [0.2, 0.25) is 5.78 Å². The minimum absolute atomic E-state index is 0.0757. The molecule has 0 N–H and O–H groups in total. The van der Waals surface area contributed by atoms with Gasteiger partial charge in [-0.15, -0.1) is 0 Å². The van der Waals surface area contributed by atoms with Crippen molar-refractivity contribution in [3.63, 3.8) is 0 Å². The Bertz CT molecular complexity index is 1910. The van der Waals surface area contributed by atoms with E-state index < -0.39 is 18.4 Å². The van der Waals surface area contributed by atoms with Crippen LogP contribution >= 0.6 is 0 Å². The first-order valence-electron chi connectivity index (χ1n) is 14.5. The Morgan fingerprint density at radius 3 is 1.23 bits per heavy atom. The van der Waals surface area contributed by atoms with Gasteiger partial charge in [-0.25, -0.2) is 0 Å². The van der Waals surface area contributed by atoms with Crippen LogP contribution in [0.25, 0.3) is 0 Å². The molecule has 0 aliphatic carbocycles. The zero-order valence-electron chi connectivity index (χ0n) is 25.0. The number of benzene rings is 5. The molecule has 0 saturated heterocycles. The summed E-state index contributed by atoms with van der Waals surface area (Å²) in [5.74, 6) is -0.454. The van der Waals surface area contributed by atoms with E-state index >= 15 is 0 Å². The Balaban J connectivity index is 1.20. The maximum absolute atomic E-state index is 13.2. The molecule has 0 aromatic heterocycles. The molecule has 0 aliphatic heterocycles. The first-order chi connectivity index (χ1) is 22.4. The number of carbonyl (C=O) groups excluding carboxylic acids is 4. The van der Waals surface area contributed by atoms with Gasteiger partial charge in [-0.3, -0.25) is 19.2 Å². The standard InChI is InChI=1S/C38H27F3O6/c1-24(42)21-25-5-13-31(14-6-25)46-33-17-9-27(10-18-33)36(44)29-3-2-4-30(23-29)37(45)28-11-19-34(20-12-28)47-32-15-7-26(8-16-32)22-35(43)38(39,40)41/h2-20,23H,21-22H2,1H3. The normalized spacial score (nSPS) is 11.1. The number of alkyl halides is 3. The van der Waals surface area contributed by atoms with Crippen molar-refractivity contribution >= 4 is 23.1 Å². The van der Waals surface area contributed by atoms with Gasteiger partial charge in [-0.05, 0) is 96.9 Å².